The number of nitrogens with one attached hydrogen (secondary N) is 1. The number of hydrogen-bond acceptors (Lipinski definition) is 3. The molecule has 0 aromatic heterocycles. The lowest BCUT2D eigenvalue weighted by Crippen LogP contribution is -2.53. The Morgan fingerprint density at radius 3 is 2.18 bits per heavy atom. The molecule has 0 aliphatic carbocycles. The van der Waals surface area contributed by atoms with Crippen molar-refractivity contribution in [2.75, 3.05) is 13.1 Å². The summed E-state index contributed by atoms with van der Waals surface area (Å²) in [5, 5.41) is 2.43. The SMILES string of the molecule is NC(=O)NN(C(N)=O)N1CC1. The molecule has 7 heteroatoms. The summed E-state index contributed by atoms with van der Waals surface area (Å²) < 4.78 is 0. The molecule has 4 amide bonds. The van der Waals surface area contributed by atoms with Gasteiger partial charge < -0.3 is 11.5 Å². The number of primary amides is 2. The summed E-state index contributed by atoms with van der Waals surface area (Å²) >= 11 is 0. The predicted octanol–water partition coefficient (Wildman–Crippen LogP) is -1.82. The molecule has 11 heavy (non-hydrogen) atoms. The summed E-state index contributed by atoms with van der Waals surface area (Å²) in [6.45, 7) is 1.40. The first-order chi connectivity index (χ1) is 5.11. The first kappa shape index (κ1) is 7.61. The van der Waals surface area contributed by atoms with Crippen LogP contribution in [-0.4, -0.2) is 35.3 Å². The van der Waals surface area contributed by atoms with Crippen LogP contribution in [0.5, 0.6) is 0 Å². The van der Waals surface area contributed by atoms with Gasteiger partial charge in [-0.25, -0.2) is 15.0 Å². The fourth-order valence-corrected chi connectivity index (χ4v) is 0.614. The first-order valence-corrected chi connectivity index (χ1v) is 3.02. The molecule has 5 N–H and O–H groups in total. The van der Waals surface area contributed by atoms with Gasteiger partial charge in [0.1, 0.15) is 0 Å². The zero-order valence-corrected chi connectivity index (χ0v) is 5.78. The quantitative estimate of drug-likeness (QED) is 0.310. The molecule has 0 aromatic rings. The standard InChI is InChI=1S/C4H9N5O2/c5-3(10)7-9(4(6)11)8-1-2-8/h1-2H2,(H2,6,11)(H3,5,7,10). The van der Waals surface area contributed by atoms with Crippen LogP contribution in [0, 0.1) is 0 Å². The molecule has 0 aromatic carbocycles. The van der Waals surface area contributed by atoms with E-state index in [4.69, 9.17) is 11.5 Å². The second kappa shape index (κ2) is 2.62. The summed E-state index contributed by atoms with van der Waals surface area (Å²) in [5.41, 5.74) is 11.7. The van der Waals surface area contributed by atoms with Crippen molar-refractivity contribution in [2.45, 2.75) is 0 Å². The van der Waals surface area contributed by atoms with Gasteiger partial charge in [-0.05, 0) is 0 Å². The number of hydrogen-bond donors (Lipinski definition) is 3. The monoisotopic (exact) mass is 159 g/mol. The molecule has 0 saturated carbocycles. The fourth-order valence-electron chi connectivity index (χ4n) is 0.614. The zero-order chi connectivity index (χ0) is 8.43. The number of carbonyl (C=O) groups excluding carboxylic acids is 2. The zero-order valence-electron chi connectivity index (χ0n) is 5.78. The van der Waals surface area contributed by atoms with Gasteiger partial charge in [-0.3, -0.25) is 0 Å². The van der Waals surface area contributed by atoms with Crippen LogP contribution < -0.4 is 16.9 Å². The van der Waals surface area contributed by atoms with Gasteiger partial charge in [0.25, 0.3) is 0 Å². The van der Waals surface area contributed by atoms with Crippen molar-refractivity contribution in [1.29, 1.82) is 0 Å². The number of carbonyl (C=O) groups is 2. The first-order valence-electron chi connectivity index (χ1n) is 3.02. The van der Waals surface area contributed by atoms with E-state index in [9.17, 15) is 9.59 Å². The minimum Gasteiger partial charge on any atom is -0.350 e. The van der Waals surface area contributed by atoms with Crippen molar-refractivity contribution in [2.24, 2.45) is 11.5 Å². The lowest BCUT2D eigenvalue weighted by atomic mass is 11.0. The lowest BCUT2D eigenvalue weighted by Gasteiger charge is -2.19. The van der Waals surface area contributed by atoms with E-state index in [1.54, 1.807) is 0 Å². The van der Waals surface area contributed by atoms with Crippen LogP contribution in [0.4, 0.5) is 9.59 Å². The Labute approximate surface area is 62.8 Å². The van der Waals surface area contributed by atoms with E-state index in [1.165, 1.54) is 5.01 Å². The number of hydrazine groups is 2. The molecule has 1 rings (SSSR count). The average molecular weight is 159 g/mol. The molecule has 1 aliphatic heterocycles. The molecule has 0 atom stereocenters. The highest BCUT2D eigenvalue weighted by molar-refractivity contribution is 5.77. The third-order valence-electron chi connectivity index (χ3n) is 1.13. The van der Waals surface area contributed by atoms with Gasteiger partial charge in [-0.2, -0.15) is 10.1 Å². The molecule has 1 fully saturated rings. The lowest BCUT2D eigenvalue weighted by molar-refractivity contribution is 0.0841. The van der Waals surface area contributed by atoms with Crippen molar-refractivity contribution in [1.82, 2.24) is 15.6 Å². The van der Waals surface area contributed by atoms with Crippen LogP contribution in [0.25, 0.3) is 0 Å². The number of nitrogens with zero attached hydrogens (tertiary/aromatic N) is 2. The Kier molecular flexibility index (Phi) is 1.81. The summed E-state index contributed by atoms with van der Waals surface area (Å²) in [4.78, 5) is 20.8. The third kappa shape index (κ3) is 1.97. The maximum atomic E-state index is 10.6. The second-order valence-corrected chi connectivity index (χ2v) is 2.08. The van der Waals surface area contributed by atoms with Crippen LogP contribution in [0.3, 0.4) is 0 Å². The molecule has 1 heterocycles. The van der Waals surface area contributed by atoms with E-state index in [1.807, 2.05) is 0 Å². The summed E-state index contributed by atoms with van der Waals surface area (Å²) in [6, 6.07) is -1.56. The summed E-state index contributed by atoms with van der Waals surface area (Å²) in [7, 11) is 0. The van der Waals surface area contributed by atoms with Crippen molar-refractivity contribution in [3.63, 3.8) is 0 Å². The van der Waals surface area contributed by atoms with Gasteiger partial charge in [0, 0.05) is 13.1 Å². The normalized spacial score (nSPS) is 15.6. The van der Waals surface area contributed by atoms with Gasteiger partial charge in [-0.1, -0.05) is 0 Å². The van der Waals surface area contributed by atoms with E-state index in [-0.39, 0.29) is 0 Å². The average Bonchev–Trinajstić information content (AvgIpc) is 2.63. The van der Waals surface area contributed by atoms with Crippen LogP contribution in [0.15, 0.2) is 0 Å². The van der Waals surface area contributed by atoms with E-state index in [0.717, 1.165) is 5.12 Å². The van der Waals surface area contributed by atoms with Gasteiger partial charge in [0.05, 0.1) is 0 Å². The minimum atomic E-state index is -0.810. The van der Waals surface area contributed by atoms with Crippen molar-refractivity contribution in [3.05, 3.63) is 0 Å². The molecule has 7 nitrogen and oxygen atoms in total. The number of amides is 4. The Hall–Kier alpha value is -1.50. The largest absolute Gasteiger partial charge is 0.350 e. The number of nitrogens with two attached hydrogens (primary N) is 2. The van der Waals surface area contributed by atoms with E-state index < -0.39 is 12.1 Å². The molecule has 0 radical (unpaired) electrons. The maximum Gasteiger partial charge on any atom is 0.348 e. The fraction of sp³-hybridized carbons (Fsp3) is 0.500. The highest BCUT2D eigenvalue weighted by Gasteiger charge is 2.29. The third-order valence-corrected chi connectivity index (χ3v) is 1.13. The Balaban J connectivity index is 2.45. The molecule has 62 valence electrons. The van der Waals surface area contributed by atoms with E-state index in [0.29, 0.717) is 13.1 Å². The van der Waals surface area contributed by atoms with Crippen molar-refractivity contribution >= 4 is 12.1 Å². The minimum absolute atomic E-state index is 0.698. The smallest absolute Gasteiger partial charge is 0.348 e. The Morgan fingerprint density at radius 1 is 1.36 bits per heavy atom. The van der Waals surface area contributed by atoms with Crippen LogP contribution >= 0.6 is 0 Å². The molecule has 1 saturated heterocycles. The molecule has 0 unspecified atom stereocenters. The molecule has 1 aliphatic rings. The van der Waals surface area contributed by atoms with Gasteiger partial charge >= 0.3 is 12.1 Å². The number of urea groups is 2. The molecule has 0 spiro atoms. The van der Waals surface area contributed by atoms with Crippen LogP contribution in [-0.2, 0) is 0 Å². The predicted molar refractivity (Wildman–Crippen MR) is 35.7 cm³/mol. The molecular weight excluding hydrogens is 150 g/mol. The van der Waals surface area contributed by atoms with E-state index in [2.05, 4.69) is 5.43 Å². The van der Waals surface area contributed by atoms with Crippen LogP contribution in [0.2, 0.25) is 0 Å². The highest BCUT2D eigenvalue weighted by atomic mass is 16.2. The van der Waals surface area contributed by atoms with Gasteiger partial charge in [-0.15, -0.1) is 0 Å². The molecular formula is C4H9N5O2. The van der Waals surface area contributed by atoms with Crippen molar-refractivity contribution < 1.29 is 9.59 Å². The summed E-state index contributed by atoms with van der Waals surface area (Å²) in [6.07, 6.45) is 0. The number of rotatable bonds is 1. The second-order valence-electron chi connectivity index (χ2n) is 2.08. The van der Waals surface area contributed by atoms with Crippen LogP contribution in [0.1, 0.15) is 0 Å². The van der Waals surface area contributed by atoms with E-state index >= 15 is 0 Å². The topological polar surface area (TPSA) is 104 Å². The van der Waals surface area contributed by atoms with Gasteiger partial charge in [0.2, 0.25) is 0 Å². The molecule has 0 bridgehead atoms. The Bertz CT molecular complexity index is 189. The Morgan fingerprint density at radius 2 is 1.91 bits per heavy atom. The van der Waals surface area contributed by atoms with Gasteiger partial charge in [0.15, 0.2) is 0 Å². The summed E-state index contributed by atoms with van der Waals surface area (Å²) in [5.74, 6) is 0. The van der Waals surface area contributed by atoms with Crippen molar-refractivity contribution in [3.8, 4) is 0 Å². The highest BCUT2D eigenvalue weighted by Crippen LogP contribution is 2.05. The maximum absolute atomic E-state index is 10.6.